The highest BCUT2D eigenvalue weighted by molar-refractivity contribution is 7.14. The molecule has 2 aromatic heterocycles. The van der Waals surface area contributed by atoms with Gasteiger partial charge in [-0.15, -0.1) is 22.7 Å². The number of alkyl halides is 6. The molecule has 33 heavy (non-hydrogen) atoms. The third kappa shape index (κ3) is 3.76. The Morgan fingerprint density at radius 3 is 1.39 bits per heavy atom. The molecule has 0 amide bonds. The van der Waals surface area contributed by atoms with Crippen LogP contribution in [0.2, 0.25) is 0 Å². The van der Waals surface area contributed by atoms with Crippen LogP contribution in [0.1, 0.15) is 54.1 Å². The minimum atomic E-state index is -5.75. The number of ether oxygens (including phenoxy) is 2. The van der Waals surface area contributed by atoms with Crippen LogP contribution in [0, 0.1) is 13.8 Å². The molecule has 1 aliphatic carbocycles. The van der Waals surface area contributed by atoms with Gasteiger partial charge in [0.2, 0.25) is 0 Å². The van der Waals surface area contributed by atoms with Crippen molar-refractivity contribution in [3.05, 3.63) is 42.8 Å². The first-order valence-electron chi connectivity index (χ1n) is 9.66. The zero-order valence-electron chi connectivity index (χ0n) is 17.8. The molecule has 0 bridgehead atoms. The van der Waals surface area contributed by atoms with E-state index in [1.165, 1.54) is 27.7 Å². The van der Waals surface area contributed by atoms with Crippen molar-refractivity contribution in [1.29, 1.82) is 0 Å². The van der Waals surface area contributed by atoms with Crippen LogP contribution in [0.25, 0.3) is 11.1 Å². The molecule has 0 unspecified atom stereocenters. The first kappa shape index (κ1) is 25.3. The van der Waals surface area contributed by atoms with Gasteiger partial charge in [0, 0.05) is 20.9 Å². The fraction of sp³-hybridized carbons (Fsp3) is 0.429. The van der Waals surface area contributed by atoms with Gasteiger partial charge in [0.15, 0.2) is 0 Å². The maximum Gasteiger partial charge on any atom is 0.380 e. The molecule has 2 aromatic rings. The summed E-state index contributed by atoms with van der Waals surface area (Å²) in [6.07, 6.45) is 0. The van der Waals surface area contributed by atoms with E-state index in [2.05, 4.69) is 0 Å². The Labute approximate surface area is 192 Å². The van der Waals surface area contributed by atoms with E-state index in [1.807, 2.05) is 0 Å². The Balaban J connectivity index is 2.33. The average Bonchev–Trinajstić information content (AvgIpc) is 3.30. The minimum Gasteiger partial charge on any atom is -0.462 e. The summed E-state index contributed by atoms with van der Waals surface area (Å²) >= 11 is 1.33. The van der Waals surface area contributed by atoms with Crippen molar-refractivity contribution in [1.82, 2.24) is 0 Å². The predicted octanol–water partition coefficient (Wildman–Crippen LogP) is 6.61. The molecule has 0 aliphatic heterocycles. The van der Waals surface area contributed by atoms with Crippen molar-refractivity contribution >= 4 is 45.8 Å². The quantitative estimate of drug-likeness (QED) is 0.323. The predicted molar refractivity (Wildman–Crippen MR) is 112 cm³/mol. The van der Waals surface area contributed by atoms with Gasteiger partial charge in [0.25, 0.3) is 0 Å². The molecule has 0 aromatic carbocycles. The molecule has 1 aliphatic rings. The maximum absolute atomic E-state index is 15.0. The summed E-state index contributed by atoms with van der Waals surface area (Å²) in [6, 6.07) is 1.71. The summed E-state index contributed by atoms with van der Waals surface area (Å²) < 4.78 is 98.5. The van der Waals surface area contributed by atoms with Crippen molar-refractivity contribution < 1.29 is 45.4 Å². The number of rotatable bonds is 6. The second kappa shape index (κ2) is 8.46. The van der Waals surface area contributed by atoms with E-state index in [4.69, 9.17) is 9.47 Å². The highest BCUT2D eigenvalue weighted by Crippen LogP contribution is 2.65. The van der Waals surface area contributed by atoms with Crippen molar-refractivity contribution in [2.75, 3.05) is 13.2 Å². The lowest BCUT2D eigenvalue weighted by atomic mass is 9.95. The highest BCUT2D eigenvalue weighted by Gasteiger charge is 2.80. The first-order valence-corrected chi connectivity index (χ1v) is 11.3. The smallest absolute Gasteiger partial charge is 0.380 e. The van der Waals surface area contributed by atoms with Crippen LogP contribution in [0.3, 0.4) is 0 Å². The number of hydrogen-bond donors (Lipinski definition) is 0. The van der Waals surface area contributed by atoms with Crippen LogP contribution in [-0.4, -0.2) is 42.9 Å². The molecule has 0 atom stereocenters. The van der Waals surface area contributed by atoms with Gasteiger partial charge < -0.3 is 9.47 Å². The normalized spacial score (nSPS) is 18.5. The van der Waals surface area contributed by atoms with E-state index in [1.54, 1.807) is 0 Å². The van der Waals surface area contributed by atoms with Gasteiger partial charge >= 0.3 is 29.7 Å². The van der Waals surface area contributed by atoms with Gasteiger partial charge in [-0.05, 0) is 51.0 Å². The van der Waals surface area contributed by atoms with E-state index in [9.17, 15) is 35.9 Å². The second-order valence-corrected chi connectivity index (χ2v) is 9.59. The summed E-state index contributed by atoms with van der Waals surface area (Å²) in [4.78, 5) is 23.6. The van der Waals surface area contributed by atoms with Crippen molar-refractivity contribution in [3.63, 3.8) is 0 Å². The number of esters is 2. The lowest BCUT2D eigenvalue weighted by Gasteiger charge is -2.25. The van der Waals surface area contributed by atoms with Crippen LogP contribution in [-0.2, 0) is 9.47 Å². The Bertz CT molecular complexity index is 1060. The third-order valence-corrected chi connectivity index (χ3v) is 7.06. The van der Waals surface area contributed by atoms with Gasteiger partial charge in [-0.25, -0.2) is 9.59 Å². The van der Waals surface area contributed by atoms with Gasteiger partial charge in [-0.1, -0.05) is 0 Å². The number of hydrogen-bond acceptors (Lipinski definition) is 6. The number of carbonyl (C=O) groups excluding carboxylic acids is 2. The molecular weight excluding hydrogens is 494 g/mol. The Morgan fingerprint density at radius 2 is 1.09 bits per heavy atom. The SMILES string of the molecule is CCOC(=O)c1cc(C2=C(c3cc(C(=O)OCC)sc3C)C(F)(F)C(F)(F)C2(F)F)c(C)s1. The van der Waals surface area contributed by atoms with Crippen LogP contribution in [0.5, 0.6) is 0 Å². The Kier molecular flexibility index (Phi) is 6.48. The van der Waals surface area contributed by atoms with Gasteiger partial charge in [-0.2, -0.15) is 26.3 Å². The lowest BCUT2D eigenvalue weighted by molar-refractivity contribution is -0.254. The van der Waals surface area contributed by atoms with E-state index in [0.717, 1.165) is 12.1 Å². The standard InChI is InChI=1S/C21H18F6O4S2/c1-5-30-17(28)13-7-11(9(3)32-13)15-16(20(24,25)21(26,27)19(15,22)23)12-8-14(33-10(12)4)18(29)31-6-2/h7-8H,5-6H2,1-4H3. The zero-order chi connectivity index (χ0) is 24.9. The third-order valence-electron chi connectivity index (χ3n) is 4.99. The molecule has 12 heteroatoms. The van der Waals surface area contributed by atoms with Gasteiger partial charge in [0.1, 0.15) is 9.75 Å². The van der Waals surface area contributed by atoms with E-state index >= 15 is 0 Å². The Hall–Kier alpha value is -2.34. The summed E-state index contributed by atoms with van der Waals surface area (Å²) in [6.45, 7) is 5.45. The van der Waals surface area contributed by atoms with E-state index < -0.39 is 52.0 Å². The number of allylic oxidation sites excluding steroid dienone is 2. The van der Waals surface area contributed by atoms with Crippen LogP contribution in [0.4, 0.5) is 26.3 Å². The minimum absolute atomic E-state index is 0.0316. The van der Waals surface area contributed by atoms with Crippen LogP contribution >= 0.6 is 22.7 Å². The van der Waals surface area contributed by atoms with E-state index in [-0.39, 0.29) is 32.7 Å². The average molecular weight is 512 g/mol. The van der Waals surface area contributed by atoms with Crippen molar-refractivity contribution in [2.45, 2.75) is 45.5 Å². The van der Waals surface area contributed by atoms with Gasteiger partial charge in [0.05, 0.1) is 13.2 Å². The summed E-state index contributed by atoms with van der Waals surface area (Å²) in [5.74, 6) is -18.1. The summed E-state index contributed by atoms with van der Waals surface area (Å²) in [5.41, 5.74) is -4.39. The molecule has 0 saturated heterocycles. The first-order chi connectivity index (χ1) is 15.2. The molecule has 4 nitrogen and oxygen atoms in total. The number of aryl methyl sites for hydroxylation is 2. The number of carbonyl (C=O) groups is 2. The molecule has 0 N–H and O–H groups in total. The fourth-order valence-electron chi connectivity index (χ4n) is 3.50. The fourth-order valence-corrected chi connectivity index (χ4v) is 5.34. The molecule has 0 radical (unpaired) electrons. The van der Waals surface area contributed by atoms with E-state index in [0.29, 0.717) is 22.7 Å². The lowest BCUT2D eigenvalue weighted by Crippen LogP contribution is -2.48. The maximum atomic E-state index is 15.0. The van der Waals surface area contributed by atoms with Crippen LogP contribution in [0.15, 0.2) is 12.1 Å². The molecule has 180 valence electrons. The molecule has 0 saturated carbocycles. The largest absolute Gasteiger partial charge is 0.462 e. The molecule has 3 rings (SSSR count). The Morgan fingerprint density at radius 1 is 0.758 bits per heavy atom. The van der Waals surface area contributed by atoms with Crippen molar-refractivity contribution in [2.24, 2.45) is 0 Å². The monoisotopic (exact) mass is 512 g/mol. The number of halogens is 6. The van der Waals surface area contributed by atoms with Crippen molar-refractivity contribution in [3.8, 4) is 0 Å². The molecule has 0 spiro atoms. The molecular formula is C21H18F6O4S2. The molecule has 0 fully saturated rings. The highest BCUT2D eigenvalue weighted by atomic mass is 32.1. The van der Waals surface area contributed by atoms with Gasteiger partial charge in [-0.3, -0.25) is 0 Å². The number of thiophene rings is 2. The summed E-state index contributed by atoms with van der Waals surface area (Å²) in [7, 11) is 0. The zero-order valence-corrected chi connectivity index (χ0v) is 19.4. The summed E-state index contributed by atoms with van der Waals surface area (Å²) in [5, 5.41) is 0. The molecule has 2 heterocycles. The topological polar surface area (TPSA) is 52.6 Å². The van der Waals surface area contributed by atoms with Crippen LogP contribution < -0.4 is 0 Å². The second-order valence-electron chi connectivity index (χ2n) is 7.08.